The highest BCUT2D eigenvalue weighted by Crippen LogP contribution is 2.55. The van der Waals surface area contributed by atoms with Crippen molar-refractivity contribution in [3.63, 3.8) is 0 Å². The minimum atomic E-state index is 1.32. The van der Waals surface area contributed by atoms with Crippen LogP contribution in [0.25, 0.3) is 58.5 Å². The molecule has 0 fully saturated rings. The maximum Gasteiger partial charge on any atom is 0.0651 e. The molecule has 0 bridgehead atoms. The molecule has 2 aromatic carbocycles. The summed E-state index contributed by atoms with van der Waals surface area (Å²) >= 11 is 9.88. The van der Waals surface area contributed by atoms with Gasteiger partial charge in [0.15, 0.2) is 0 Å². The van der Waals surface area contributed by atoms with E-state index in [1.165, 1.54) is 64.0 Å². The summed E-state index contributed by atoms with van der Waals surface area (Å²) in [6.07, 6.45) is 0. The Kier molecular flexibility index (Phi) is 3.81. The summed E-state index contributed by atoms with van der Waals surface area (Å²) in [4.78, 5) is 2.79. The molecular weight excluding hydrogens is 461 g/mol. The van der Waals surface area contributed by atoms with Crippen LogP contribution >= 0.6 is 56.7 Å². The van der Waals surface area contributed by atoms with Gasteiger partial charge in [0.1, 0.15) is 0 Å². The standard InChI is InChI=1S/C25H14S5/c1-13-18(15-10-6-3-7-11-15)28-21-19(13)29-25-23-22(30-24(21)25)20-17(27-23)12-16(26-20)14-8-4-2-5-9-14/h2-12H,1H3. The summed E-state index contributed by atoms with van der Waals surface area (Å²) in [5.41, 5.74) is 4.09. The summed E-state index contributed by atoms with van der Waals surface area (Å²) < 4.78 is 11.8. The molecule has 5 aromatic heterocycles. The number of hydrogen-bond acceptors (Lipinski definition) is 5. The van der Waals surface area contributed by atoms with E-state index < -0.39 is 0 Å². The molecule has 0 atom stereocenters. The zero-order valence-corrected chi connectivity index (χ0v) is 20.0. The molecule has 0 spiro atoms. The van der Waals surface area contributed by atoms with Gasteiger partial charge in [0.25, 0.3) is 0 Å². The first kappa shape index (κ1) is 17.6. The van der Waals surface area contributed by atoms with Gasteiger partial charge in [-0.1, -0.05) is 60.7 Å². The first-order valence-corrected chi connectivity index (χ1v) is 13.8. The van der Waals surface area contributed by atoms with Crippen LogP contribution in [-0.4, -0.2) is 0 Å². The van der Waals surface area contributed by atoms with Gasteiger partial charge in [-0.15, -0.1) is 56.7 Å². The fourth-order valence-electron chi connectivity index (χ4n) is 4.09. The highest BCUT2D eigenvalue weighted by atomic mass is 32.1. The van der Waals surface area contributed by atoms with Crippen LogP contribution in [0.4, 0.5) is 0 Å². The Balaban J connectivity index is 1.46. The third-order valence-corrected chi connectivity index (χ3v) is 12.7. The fourth-order valence-corrected chi connectivity index (χ4v) is 11.5. The molecule has 0 nitrogen and oxygen atoms in total. The number of benzene rings is 2. The van der Waals surface area contributed by atoms with E-state index in [0.29, 0.717) is 0 Å². The van der Waals surface area contributed by atoms with Gasteiger partial charge in [-0.25, -0.2) is 0 Å². The molecule has 0 aliphatic carbocycles. The van der Waals surface area contributed by atoms with Crippen molar-refractivity contribution in [1.29, 1.82) is 0 Å². The highest BCUT2D eigenvalue weighted by molar-refractivity contribution is 7.48. The molecular formula is C25H14S5. The van der Waals surface area contributed by atoms with Crippen molar-refractivity contribution < 1.29 is 0 Å². The molecule has 0 saturated carbocycles. The third-order valence-electron chi connectivity index (χ3n) is 5.54. The van der Waals surface area contributed by atoms with Crippen molar-refractivity contribution in [3.05, 3.63) is 72.3 Å². The summed E-state index contributed by atoms with van der Waals surface area (Å²) in [6.45, 7) is 2.29. The van der Waals surface area contributed by atoms with E-state index in [0.717, 1.165) is 0 Å². The largest absolute Gasteiger partial charge is 0.133 e. The summed E-state index contributed by atoms with van der Waals surface area (Å²) in [6, 6.07) is 24.0. The van der Waals surface area contributed by atoms with Crippen LogP contribution in [0.3, 0.4) is 0 Å². The lowest BCUT2D eigenvalue weighted by molar-refractivity contribution is 1.59. The molecule has 0 radical (unpaired) electrons. The van der Waals surface area contributed by atoms with Crippen molar-refractivity contribution in [1.82, 2.24) is 0 Å². The van der Waals surface area contributed by atoms with Gasteiger partial charge in [-0.05, 0) is 29.7 Å². The molecule has 0 aliphatic heterocycles. The first-order chi connectivity index (χ1) is 14.8. The highest BCUT2D eigenvalue weighted by Gasteiger charge is 2.22. The van der Waals surface area contributed by atoms with Crippen LogP contribution in [0.5, 0.6) is 0 Å². The summed E-state index contributed by atoms with van der Waals surface area (Å²) in [7, 11) is 0. The summed E-state index contributed by atoms with van der Waals surface area (Å²) in [5, 5.41) is 0. The lowest BCUT2D eigenvalue weighted by atomic mass is 10.1. The van der Waals surface area contributed by atoms with Gasteiger partial charge >= 0.3 is 0 Å². The Morgan fingerprint density at radius 3 is 1.80 bits per heavy atom. The van der Waals surface area contributed by atoms with E-state index in [-0.39, 0.29) is 0 Å². The number of rotatable bonds is 2. The second kappa shape index (κ2) is 6.49. The Morgan fingerprint density at radius 1 is 0.500 bits per heavy atom. The molecule has 30 heavy (non-hydrogen) atoms. The second-order valence-corrected chi connectivity index (χ2v) is 12.5. The molecule has 0 amide bonds. The molecule has 7 rings (SSSR count). The smallest absolute Gasteiger partial charge is 0.0651 e. The minimum Gasteiger partial charge on any atom is -0.133 e. The van der Waals surface area contributed by atoms with Crippen LogP contribution < -0.4 is 0 Å². The SMILES string of the molecule is Cc1c(-c2ccccc2)sc2c1sc1c2sc2c3sc(-c4ccccc4)cc3sc21. The molecule has 7 aromatic rings. The van der Waals surface area contributed by atoms with E-state index in [9.17, 15) is 0 Å². The van der Waals surface area contributed by atoms with E-state index in [1.54, 1.807) is 0 Å². The van der Waals surface area contributed by atoms with Crippen molar-refractivity contribution in [2.24, 2.45) is 0 Å². The van der Waals surface area contributed by atoms with Crippen LogP contribution in [0.2, 0.25) is 0 Å². The van der Waals surface area contributed by atoms with Crippen LogP contribution in [0, 0.1) is 6.92 Å². The van der Waals surface area contributed by atoms with Gasteiger partial charge < -0.3 is 0 Å². The van der Waals surface area contributed by atoms with Crippen LogP contribution in [0.1, 0.15) is 5.56 Å². The predicted molar refractivity (Wildman–Crippen MR) is 141 cm³/mol. The second-order valence-electron chi connectivity index (χ2n) is 7.37. The van der Waals surface area contributed by atoms with Gasteiger partial charge in [0, 0.05) is 14.5 Å². The fraction of sp³-hybridized carbons (Fsp3) is 0.0400. The molecule has 0 aliphatic rings. The number of thiophene rings is 5. The molecule has 5 heteroatoms. The zero-order valence-electron chi connectivity index (χ0n) is 15.9. The van der Waals surface area contributed by atoms with E-state index >= 15 is 0 Å². The molecule has 0 N–H and O–H groups in total. The maximum atomic E-state index is 2.38. The van der Waals surface area contributed by atoms with Crippen LogP contribution in [0.15, 0.2) is 66.7 Å². The Hall–Kier alpha value is -2.02. The molecule has 5 heterocycles. The van der Waals surface area contributed by atoms with Crippen molar-refractivity contribution in [2.45, 2.75) is 6.92 Å². The van der Waals surface area contributed by atoms with Gasteiger partial charge in [0.2, 0.25) is 0 Å². The molecule has 0 saturated heterocycles. The normalized spacial score (nSPS) is 12.2. The van der Waals surface area contributed by atoms with E-state index in [2.05, 4.69) is 73.7 Å². The average Bonchev–Trinajstić information content (AvgIpc) is 3.55. The molecule has 144 valence electrons. The van der Waals surface area contributed by atoms with Crippen molar-refractivity contribution in [3.8, 4) is 20.9 Å². The predicted octanol–water partition coefficient (Wildman–Crippen LogP) is 10.2. The van der Waals surface area contributed by atoms with E-state index in [4.69, 9.17) is 0 Å². The minimum absolute atomic E-state index is 1.32. The van der Waals surface area contributed by atoms with Gasteiger partial charge in [-0.2, -0.15) is 0 Å². The Labute approximate surface area is 193 Å². The lowest BCUT2D eigenvalue weighted by Gasteiger charge is -1.98. The van der Waals surface area contributed by atoms with Gasteiger partial charge in [0.05, 0.1) is 32.9 Å². The Morgan fingerprint density at radius 2 is 1.07 bits per heavy atom. The topological polar surface area (TPSA) is 0 Å². The number of aryl methyl sites for hydroxylation is 1. The first-order valence-electron chi connectivity index (χ1n) is 9.69. The van der Waals surface area contributed by atoms with Gasteiger partial charge in [-0.3, -0.25) is 0 Å². The lowest BCUT2D eigenvalue weighted by Crippen LogP contribution is -1.73. The Bertz CT molecular complexity index is 1680. The number of fused-ring (bicyclic) bond motifs is 7. The van der Waals surface area contributed by atoms with Crippen molar-refractivity contribution in [2.75, 3.05) is 0 Å². The molecule has 0 unspecified atom stereocenters. The zero-order chi connectivity index (χ0) is 19.8. The quantitative estimate of drug-likeness (QED) is 0.234. The third kappa shape index (κ3) is 2.41. The average molecular weight is 475 g/mol. The van der Waals surface area contributed by atoms with E-state index in [1.807, 2.05) is 56.7 Å². The van der Waals surface area contributed by atoms with Crippen LogP contribution in [-0.2, 0) is 0 Å². The van der Waals surface area contributed by atoms with Crippen molar-refractivity contribution >= 4 is 94.3 Å². The maximum absolute atomic E-state index is 2.38. The summed E-state index contributed by atoms with van der Waals surface area (Å²) in [5.74, 6) is 0. The number of hydrogen-bond donors (Lipinski definition) is 0. The monoisotopic (exact) mass is 474 g/mol.